The average Bonchev–Trinajstić information content (AvgIpc) is 1.64. The number of hydrogen-bond acceptors (Lipinski definition) is 17. The maximum absolute atomic E-state index is 14.5. The SMILES string of the molecule is CC(C)C(NC(=O)CCCCCN1C(=O)CC(S)C1=O)C(=O)NC(CCCNC(N)=O)C(=O)Nc1ccc(COC(=O)Nc2ccc(C(=O)Nc3ccc4[nH]c(C(=O)N5CC(CCl)c6c5cc(OC5OC(C(=O)O)C(O)C(O)C5O)c5ccccc65)cc4c3)cc2)cc1. The van der Waals surface area contributed by atoms with Crippen molar-refractivity contribution in [3.05, 3.63) is 126 Å². The van der Waals surface area contributed by atoms with Crippen LogP contribution in [0.2, 0.25) is 0 Å². The number of nitrogens with two attached hydrogens (primary N) is 1. The Hall–Kier alpha value is -9.32. The Morgan fingerprint density at radius 3 is 2.17 bits per heavy atom. The van der Waals surface area contributed by atoms with Crippen molar-refractivity contribution in [3.63, 3.8) is 0 Å². The summed E-state index contributed by atoms with van der Waals surface area (Å²) in [5, 5.41) is 58.5. The van der Waals surface area contributed by atoms with Crippen LogP contribution in [0.3, 0.4) is 0 Å². The van der Waals surface area contributed by atoms with E-state index in [0.29, 0.717) is 69.3 Å². The topological polar surface area (TPSA) is 400 Å². The second-order valence-electron chi connectivity index (χ2n) is 23.1. The number of anilines is 4. The van der Waals surface area contributed by atoms with Crippen LogP contribution in [0.25, 0.3) is 21.7 Å². The van der Waals surface area contributed by atoms with E-state index in [2.05, 4.69) is 49.5 Å². The fourth-order valence-electron chi connectivity index (χ4n) is 11.2. The number of imide groups is 1. The quantitative estimate of drug-likeness (QED) is 0.0143. The molecule has 3 aliphatic heterocycles. The lowest BCUT2D eigenvalue weighted by atomic mass is 9.95. The Labute approximate surface area is 542 Å². The molecule has 4 heterocycles. The van der Waals surface area contributed by atoms with Crippen LogP contribution in [0.5, 0.6) is 5.75 Å². The van der Waals surface area contributed by atoms with Crippen LogP contribution in [0.1, 0.15) is 96.7 Å². The Bertz CT molecular complexity index is 3820. The van der Waals surface area contributed by atoms with Gasteiger partial charge in [0.25, 0.3) is 11.8 Å². The summed E-state index contributed by atoms with van der Waals surface area (Å²) in [5.74, 6) is -5.10. The molecule has 0 bridgehead atoms. The molecule has 10 amide bonds. The van der Waals surface area contributed by atoms with E-state index >= 15 is 0 Å². The van der Waals surface area contributed by atoms with Gasteiger partial charge in [0, 0.05) is 89.3 Å². The van der Waals surface area contributed by atoms with Crippen molar-refractivity contribution in [1.82, 2.24) is 25.8 Å². The van der Waals surface area contributed by atoms with Crippen LogP contribution >= 0.6 is 24.2 Å². The van der Waals surface area contributed by atoms with Crippen LogP contribution in [-0.4, -0.2) is 163 Å². The van der Waals surface area contributed by atoms with Gasteiger partial charge in [0.05, 0.1) is 10.9 Å². The van der Waals surface area contributed by atoms with Crippen LogP contribution in [0.15, 0.2) is 103 Å². The summed E-state index contributed by atoms with van der Waals surface area (Å²) in [6, 6.07) is 24.9. The molecule has 27 nitrogen and oxygen atoms in total. The third-order valence-electron chi connectivity index (χ3n) is 16.1. The van der Waals surface area contributed by atoms with E-state index in [4.69, 9.17) is 31.5 Å². The molecule has 0 saturated carbocycles. The van der Waals surface area contributed by atoms with Crippen LogP contribution in [0.4, 0.5) is 32.3 Å². The molecule has 0 aliphatic carbocycles. The van der Waals surface area contributed by atoms with Gasteiger partial charge in [-0.25, -0.2) is 14.4 Å². The number of carbonyl (C=O) groups excluding carboxylic acids is 9. The van der Waals surface area contributed by atoms with Crippen LogP contribution in [-0.2, 0) is 44.8 Å². The molecule has 9 rings (SSSR count). The lowest BCUT2D eigenvalue weighted by Crippen LogP contribution is -2.61. The van der Waals surface area contributed by atoms with Gasteiger partial charge in [-0.2, -0.15) is 12.6 Å². The van der Waals surface area contributed by atoms with E-state index in [1.807, 2.05) is 6.07 Å². The minimum Gasteiger partial charge on any atom is -0.479 e. The highest BCUT2D eigenvalue weighted by Gasteiger charge is 2.49. The second kappa shape index (κ2) is 30.4. The molecule has 2 fully saturated rings. The number of carbonyl (C=O) groups is 10. The number of hydrogen-bond donors (Lipinski definition) is 13. The number of aromatic nitrogens is 1. The molecule has 13 N–H and O–H groups in total. The number of ether oxygens (including phenoxy) is 3. The number of benzene rings is 5. The molecule has 9 atom stereocenters. The zero-order chi connectivity index (χ0) is 66.8. The van der Waals surface area contributed by atoms with Crippen molar-refractivity contribution >= 4 is 128 Å². The number of primary amides is 1. The number of likely N-dealkylation sites (tertiary alicyclic amines) is 1. The molecule has 0 spiro atoms. The maximum Gasteiger partial charge on any atom is 0.411 e. The number of halogens is 1. The van der Waals surface area contributed by atoms with Gasteiger partial charge < -0.3 is 76.8 Å². The Morgan fingerprint density at radius 2 is 1.49 bits per heavy atom. The third-order valence-corrected chi connectivity index (χ3v) is 16.9. The number of nitrogens with zero attached hydrogens (tertiary/aromatic N) is 2. The summed E-state index contributed by atoms with van der Waals surface area (Å²) < 4.78 is 16.9. The number of aliphatic hydroxyl groups excluding tert-OH is 3. The van der Waals surface area contributed by atoms with E-state index in [1.54, 1.807) is 86.6 Å². The maximum atomic E-state index is 14.5. The van der Waals surface area contributed by atoms with E-state index in [-0.39, 0.29) is 104 Å². The number of aliphatic carboxylic acids is 1. The van der Waals surface area contributed by atoms with Gasteiger partial charge in [0.15, 0.2) is 6.10 Å². The summed E-state index contributed by atoms with van der Waals surface area (Å²) >= 11 is 10.7. The number of aliphatic hydroxyl groups is 3. The van der Waals surface area contributed by atoms with Gasteiger partial charge in [0.2, 0.25) is 35.8 Å². The van der Waals surface area contributed by atoms with Crippen molar-refractivity contribution in [2.24, 2.45) is 11.7 Å². The monoisotopic (exact) mass is 1320 g/mol. The number of urea groups is 1. The van der Waals surface area contributed by atoms with Gasteiger partial charge in [-0.05, 0) is 109 Å². The summed E-state index contributed by atoms with van der Waals surface area (Å²) in [5.41, 5.74) is 9.06. The van der Waals surface area contributed by atoms with Gasteiger partial charge in [-0.1, -0.05) is 56.7 Å². The first-order chi connectivity index (χ1) is 44.5. The number of rotatable bonds is 26. The molecule has 9 unspecified atom stereocenters. The van der Waals surface area contributed by atoms with E-state index in [9.17, 15) is 68.4 Å². The van der Waals surface area contributed by atoms with Crippen molar-refractivity contribution in [3.8, 4) is 5.75 Å². The summed E-state index contributed by atoms with van der Waals surface area (Å²) in [4.78, 5) is 134. The van der Waals surface area contributed by atoms with Crippen LogP contribution in [0, 0.1) is 5.92 Å². The smallest absolute Gasteiger partial charge is 0.411 e. The number of amides is 10. The molecule has 93 heavy (non-hydrogen) atoms. The summed E-state index contributed by atoms with van der Waals surface area (Å²) in [6.07, 6.45) is -8.09. The first-order valence-electron chi connectivity index (χ1n) is 30.0. The number of nitrogens with one attached hydrogen (secondary N) is 7. The normalized spacial score (nSPS) is 20.0. The highest BCUT2D eigenvalue weighted by Crippen LogP contribution is 2.47. The van der Waals surface area contributed by atoms with Gasteiger partial charge in [-0.15, -0.1) is 11.6 Å². The first kappa shape index (κ1) is 68.1. The minimum absolute atomic E-state index is 0.0629. The zero-order valence-corrected chi connectivity index (χ0v) is 52.1. The number of carboxylic acids is 1. The molecule has 3 aliphatic rings. The second-order valence-corrected chi connectivity index (χ2v) is 24.0. The molecule has 6 aromatic rings. The summed E-state index contributed by atoms with van der Waals surface area (Å²) in [6.45, 7) is 3.86. The lowest BCUT2D eigenvalue weighted by Gasteiger charge is -2.38. The highest BCUT2D eigenvalue weighted by atomic mass is 35.5. The van der Waals surface area contributed by atoms with Crippen molar-refractivity contribution < 1.29 is 82.6 Å². The fourth-order valence-corrected chi connectivity index (χ4v) is 11.7. The number of H-pyrrole nitrogens is 1. The number of aromatic amines is 1. The molecule has 492 valence electrons. The third kappa shape index (κ3) is 16.5. The van der Waals surface area contributed by atoms with Gasteiger partial charge in [-0.3, -0.25) is 43.8 Å². The van der Waals surface area contributed by atoms with Crippen molar-refractivity contribution in [2.45, 2.75) is 119 Å². The summed E-state index contributed by atoms with van der Waals surface area (Å²) in [7, 11) is 0. The number of fused-ring (bicyclic) bond motifs is 4. The molecular weight excluding hydrogens is 1250 g/mol. The first-order valence-corrected chi connectivity index (χ1v) is 31.1. The largest absolute Gasteiger partial charge is 0.479 e. The molecule has 2 saturated heterocycles. The van der Waals surface area contributed by atoms with Gasteiger partial charge in [0.1, 0.15) is 48.4 Å². The molecule has 0 radical (unpaired) electrons. The van der Waals surface area contributed by atoms with Crippen LogP contribution < -0.4 is 47.3 Å². The molecule has 5 aromatic carbocycles. The Balaban J connectivity index is 0.752. The predicted octanol–water partition coefficient (Wildman–Crippen LogP) is 5.21. The fraction of sp³-hybridized carbons (Fsp3) is 0.375. The average molecular weight is 1320 g/mol. The molecular formula is C64H71ClN10O17S. The predicted molar refractivity (Wildman–Crippen MR) is 344 cm³/mol. The number of carboxylic acid groups (broad SMARTS) is 1. The number of thiol groups is 1. The van der Waals surface area contributed by atoms with E-state index in [0.717, 1.165) is 5.56 Å². The lowest BCUT2D eigenvalue weighted by molar-refractivity contribution is -0.270. The standard InChI is InChI=1S/C64H71ClN10O17S/c1-32(2)51(73-48(76)12-4-3-7-24-74-49(77)28-47(93)60(74)85)58(83)72-43(11-8-23-67-63(66)88)57(82)68-37-17-13-33(14-18-37)31-90-64(89)70-38-19-15-34(16-20-38)56(81)69-39-21-22-42-35(25-39)26-44(71-42)59(84)75-30-36(29-65)50-41-10-6-5-9-40(41)46(27-45(50)75)91-62-54(80)52(78)53(79)55(92-62)61(86)87/h5-6,9-10,13-22,25-27,32,36,43,47,51-55,62,71,78-80,93H,3-4,7-8,11-12,23-24,28-31H2,1-2H3,(H,68,82)(H,69,81)(H,70,89)(H,72,83)(H,73,76)(H,86,87)(H3,66,67,88). The Morgan fingerprint density at radius 1 is 0.796 bits per heavy atom. The molecule has 1 aromatic heterocycles. The zero-order valence-electron chi connectivity index (χ0n) is 50.5. The van der Waals surface area contributed by atoms with Crippen molar-refractivity contribution in [1.29, 1.82) is 0 Å². The number of unbranched alkanes of at least 4 members (excludes halogenated alkanes) is 2. The Kier molecular flexibility index (Phi) is 22.3. The van der Waals surface area contributed by atoms with Crippen molar-refractivity contribution in [2.75, 3.05) is 46.4 Å². The molecule has 29 heteroatoms. The highest BCUT2D eigenvalue weighted by molar-refractivity contribution is 7.81. The van der Waals surface area contributed by atoms with E-state index < -0.39 is 89.8 Å². The van der Waals surface area contributed by atoms with E-state index in [1.165, 1.54) is 34.1 Å². The minimum atomic E-state index is -1.93. The number of alkyl halides is 1. The van der Waals surface area contributed by atoms with Gasteiger partial charge >= 0.3 is 18.1 Å².